The molecule has 0 unspecified atom stereocenters. The van der Waals surface area contributed by atoms with Crippen molar-refractivity contribution in [2.45, 2.75) is 39.4 Å². The van der Waals surface area contributed by atoms with Crippen LogP contribution in [0.2, 0.25) is 0 Å². The van der Waals surface area contributed by atoms with Gasteiger partial charge in [-0.15, -0.1) is 12.4 Å². The number of carbonyl (C=O) groups excluding carboxylic acids is 1. The fraction of sp³-hybridized carbons (Fsp3) is 0.368. The first-order chi connectivity index (χ1) is 12.6. The Morgan fingerprint density at radius 1 is 1.41 bits per heavy atom. The number of aromatic amines is 1. The Hall–Kier alpha value is -2.38. The molecular formula is C19H23ClFN5O. The maximum absolute atomic E-state index is 13.9. The lowest BCUT2D eigenvalue weighted by Gasteiger charge is -2.04. The second kappa shape index (κ2) is 8.10. The van der Waals surface area contributed by atoms with Crippen LogP contribution in [0.15, 0.2) is 24.3 Å². The van der Waals surface area contributed by atoms with E-state index in [2.05, 4.69) is 20.7 Å². The molecule has 8 heteroatoms. The summed E-state index contributed by atoms with van der Waals surface area (Å²) in [5, 5.41) is 11.6. The minimum atomic E-state index is -0.301. The van der Waals surface area contributed by atoms with Crippen LogP contribution in [-0.4, -0.2) is 27.2 Å². The monoisotopic (exact) mass is 391 g/mol. The third-order valence-electron chi connectivity index (χ3n) is 4.85. The van der Waals surface area contributed by atoms with Gasteiger partial charge in [0.1, 0.15) is 5.82 Å². The Morgan fingerprint density at radius 2 is 2.26 bits per heavy atom. The number of benzene rings is 1. The van der Waals surface area contributed by atoms with E-state index >= 15 is 0 Å². The molecule has 6 nitrogen and oxygen atoms in total. The Bertz CT molecular complexity index is 941. The number of aromatic nitrogens is 3. The number of carbonyl (C=O) groups is 1. The zero-order valence-corrected chi connectivity index (χ0v) is 16.0. The van der Waals surface area contributed by atoms with Crippen LogP contribution >= 0.6 is 12.4 Å². The Kier molecular flexibility index (Phi) is 5.82. The van der Waals surface area contributed by atoms with Crippen molar-refractivity contribution in [2.75, 3.05) is 6.54 Å². The normalized spacial score (nSPS) is 13.7. The predicted octanol–water partition coefficient (Wildman–Crippen LogP) is 2.59. The van der Waals surface area contributed by atoms with E-state index in [4.69, 9.17) is 0 Å². The zero-order chi connectivity index (χ0) is 18.1. The highest BCUT2D eigenvalue weighted by Gasteiger charge is 2.15. The average Bonchev–Trinajstić information content (AvgIpc) is 3.07. The van der Waals surface area contributed by atoms with Crippen LogP contribution in [-0.2, 0) is 30.8 Å². The van der Waals surface area contributed by atoms with Gasteiger partial charge in [-0.3, -0.25) is 9.48 Å². The summed E-state index contributed by atoms with van der Waals surface area (Å²) in [5.74, 6) is -0.398. The van der Waals surface area contributed by atoms with Crippen molar-refractivity contribution in [1.29, 1.82) is 0 Å². The summed E-state index contributed by atoms with van der Waals surface area (Å²) in [7, 11) is 0. The molecule has 3 heterocycles. The first-order valence-electron chi connectivity index (χ1n) is 8.90. The largest absolute Gasteiger partial charge is 0.356 e. The number of H-pyrrole nitrogens is 1. The molecule has 27 heavy (non-hydrogen) atoms. The van der Waals surface area contributed by atoms with Crippen molar-refractivity contribution in [3.63, 3.8) is 0 Å². The maximum atomic E-state index is 13.9. The van der Waals surface area contributed by atoms with Crippen LogP contribution in [0.4, 0.5) is 4.39 Å². The molecule has 144 valence electrons. The second-order valence-electron chi connectivity index (χ2n) is 6.72. The Labute approximate surface area is 162 Å². The highest BCUT2D eigenvalue weighted by Crippen LogP contribution is 2.24. The number of halogens is 2. The summed E-state index contributed by atoms with van der Waals surface area (Å²) in [6, 6.07) is 6.95. The van der Waals surface area contributed by atoms with Gasteiger partial charge in [-0.25, -0.2) is 4.39 Å². The summed E-state index contributed by atoms with van der Waals surface area (Å²) in [4.78, 5) is 15.4. The lowest BCUT2D eigenvalue weighted by molar-refractivity contribution is -0.120. The lowest BCUT2D eigenvalue weighted by atomic mass is 10.1. The van der Waals surface area contributed by atoms with Crippen molar-refractivity contribution in [2.24, 2.45) is 0 Å². The van der Waals surface area contributed by atoms with Gasteiger partial charge in [0.15, 0.2) is 0 Å². The van der Waals surface area contributed by atoms with Crippen LogP contribution in [0.1, 0.15) is 29.1 Å². The Morgan fingerprint density at radius 3 is 3.11 bits per heavy atom. The van der Waals surface area contributed by atoms with Crippen LogP contribution < -0.4 is 10.6 Å². The first-order valence-corrected chi connectivity index (χ1v) is 8.90. The van der Waals surface area contributed by atoms with Gasteiger partial charge in [0, 0.05) is 24.2 Å². The van der Waals surface area contributed by atoms with Gasteiger partial charge in [0.05, 0.1) is 29.9 Å². The first kappa shape index (κ1) is 19.4. The molecule has 1 aromatic carbocycles. The molecule has 3 N–H and O–H groups in total. The summed E-state index contributed by atoms with van der Waals surface area (Å²) in [5.41, 5.74) is 4.12. The van der Waals surface area contributed by atoms with Gasteiger partial charge >= 0.3 is 0 Å². The van der Waals surface area contributed by atoms with E-state index < -0.39 is 0 Å². The fourth-order valence-corrected chi connectivity index (χ4v) is 3.52. The predicted molar refractivity (Wildman–Crippen MR) is 104 cm³/mol. The van der Waals surface area contributed by atoms with Crippen LogP contribution in [0.25, 0.3) is 10.9 Å². The van der Waals surface area contributed by atoms with Gasteiger partial charge in [0.2, 0.25) is 5.91 Å². The molecule has 4 rings (SSSR count). The summed E-state index contributed by atoms with van der Waals surface area (Å²) >= 11 is 0. The van der Waals surface area contributed by atoms with E-state index in [9.17, 15) is 9.18 Å². The van der Waals surface area contributed by atoms with Gasteiger partial charge in [-0.1, -0.05) is 12.1 Å². The van der Waals surface area contributed by atoms with Gasteiger partial charge in [-0.05, 0) is 37.6 Å². The number of rotatable bonds is 4. The molecule has 0 fully saturated rings. The van der Waals surface area contributed by atoms with Crippen LogP contribution in [0.3, 0.4) is 0 Å². The minimum Gasteiger partial charge on any atom is -0.356 e. The van der Waals surface area contributed by atoms with Gasteiger partial charge in [-0.2, -0.15) is 5.10 Å². The van der Waals surface area contributed by atoms with Gasteiger partial charge in [0.25, 0.3) is 0 Å². The van der Waals surface area contributed by atoms with Crippen molar-refractivity contribution in [3.05, 3.63) is 52.7 Å². The molecule has 2 aromatic heterocycles. The van der Waals surface area contributed by atoms with Crippen molar-refractivity contribution in [1.82, 2.24) is 25.4 Å². The highest BCUT2D eigenvalue weighted by atomic mass is 35.5. The van der Waals surface area contributed by atoms with Crippen molar-refractivity contribution < 1.29 is 9.18 Å². The van der Waals surface area contributed by atoms with E-state index in [1.165, 1.54) is 6.07 Å². The molecule has 0 aliphatic carbocycles. The van der Waals surface area contributed by atoms with E-state index in [-0.39, 0.29) is 30.6 Å². The quantitative estimate of drug-likeness (QED) is 0.640. The molecule has 1 aliphatic heterocycles. The Balaban J connectivity index is 0.00000210. The number of para-hydroxylation sites is 1. The highest BCUT2D eigenvalue weighted by molar-refractivity contribution is 5.90. The molecule has 1 amide bonds. The van der Waals surface area contributed by atoms with E-state index in [1.54, 1.807) is 6.07 Å². The molecule has 0 saturated carbocycles. The third-order valence-corrected chi connectivity index (χ3v) is 4.85. The van der Waals surface area contributed by atoms with Crippen LogP contribution in [0.5, 0.6) is 0 Å². The van der Waals surface area contributed by atoms with Gasteiger partial charge < -0.3 is 15.6 Å². The molecular weight excluding hydrogens is 369 g/mol. The van der Waals surface area contributed by atoms with E-state index in [1.807, 2.05) is 23.7 Å². The minimum absolute atomic E-state index is 0. The van der Waals surface area contributed by atoms with Crippen molar-refractivity contribution >= 4 is 29.2 Å². The number of amides is 1. The summed E-state index contributed by atoms with van der Waals surface area (Å²) in [6.45, 7) is 4.97. The standard InChI is InChI=1S/C19H22FN5O.ClH/c1-12-16(15-4-2-5-17(20)19(15)23-12)9-18(26)22-10-13-8-14-11-21-6-3-7-25(14)24-13;/h2,4-5,8,21,23H,3,6-7,9-11H2,1H3,(H,22,26);1H. The number of hydrogen-bond acceptors (Lipinski definition) is 3. The average molecular weight is 392 g/mol. The smallest absolute Gasteiger partial charge is 0.224 e. The fourth-order valence-electron chi connectivity index (χ4n) is 3.52. The number of nitrogens with one attached hydrogen (secondary N) is 3. The summed E-state index contributed by atoms with van der Waals surface area (Å²) in [6.07, 6.45) is 1.27. The molecule has 0 radical (unpaired) electrons. The molecule has 1 aliphatic rings. The summed E-state index contributed by atoms with van der Waals surface area (Å²) < 4.78 is 15.9. The molecule has 0 bridgehead atoms. The number of hydrogen-bond donors (Lipinski definition) is 3. The number of fused-ring (bicyclic) bond motifs is 2. The molecule has 3 aromatic rings. The van der Waals surface area contributed by atoms with Crippen LogP contribution in [0, 0.1) is 12.7 Å². The number of aryl methyl sites for hydroxylation is 2. The lowest BCUT2D eigenvalue weighted by Crippen LogP contribution is -2.25. The van der Waals surface area contributed by atoms with Crippen molar-refractivity contribution in [3.8, 4) is 0 Å². The van der Waals surface area contributed by atoms with E-state index in [0.717, 1.165) is 54.1 Å². The topological polar surface area (TPSA) is 74.7 Å². The molecule has 0 atom stereocenters. The molecule has 0 saturated heterocycles. The third kappa shape index (κ3) is 3.99. The number of nitrogens with zero attached hydrogens (tertiary/aromatic N) is 2. The molecule has 0 spiro atoms. The maximum Gasteiger partial charge on any atom is 0.224 e. The van der Waals surface area contributed by atoms with E-state index in [0.29, 0.717) is 12.1 Å². The second-order valence-corrected chi connectivity index (χ2v) is 6.72. The SMILES string of the molecule is Cc1[nH]c2c(F)cccc2c1CC(=O)NCc1cc2n(n1)CCCNC2.Cl. The zero-order valence-electron chi connectivity index (χ0n) is 15.1.